The highest BCUT2D eigenvalue weighted by Gasteiger charge is 2.09. The van der Waals surface area contributed by atoms with E-state index in [9.17, 15) is 0 Å². The van der Waals surface area contributed by atoms with E-state index in [-0.39, 0.29) is 6.04 Å². The van der Waals surface area contributed by atoms with Gasteiger partial charge in [-0.1, -0.05) is 31.5 Å². The lowest BCUT2D eigenvalue weighted by Gasteiger charge is -2.16. The highest BCUT2D eigenvalue weighted by atomic mass is 35.5. The lowest BCUT2D eigenvalue weighted by atomic mass is 9.95. The molecule has 0 aliphatic carbocycles. The van der Waals surface area contributed by atoms with Gasteiger partial charge in [-0.05, 0) is 42.5 Å². The van der Waals surface area contributed by atoms with Crippen molar-refractivity contribution in [1.29, 1.82) is 0 Å². The van der Waals surface area contributed by atoms with Crippen LogP contribution in [0.2, 0.25) is 5.02 Å². The molecule has 1 rings (SSSR count). The van der Waals surface area contributed by atoms with Crippen LogP contribution in [0.25, 0.3) is 0 Å². The normalized spacial score (nSPS) is 13.3. The van der Waals surface area contributed by atoms with Crippen LogP contribution >= 0.6 is 11.6 Å². The van der Waals surface area contributed by atoms with Crippen LogP contribution in [0.1, 0.15) is 25.0 Å². The number of nitrogens with two attached hydrogens (primary N) is 1. The molecule has 0 spiro atoms. The lowest BCUT2D eigenvalue weighted by molar-refractivity contribution is 0.490. The van der Waals surface area contributed by atoms with Crippen LogP contribution in [0.15, 0.2) is 18.2 Å². The molecular formula is C12H18ClN. The molecule has 0 aliphatic rings. The topological polar surface area (TPSA) is 26.0 Å². The van der Waals surface area contributed by atoms with Crippen molar-refractivity contribution < 1.29 is 0 Å². The lowest BCUT2D eigenvalue weighted by Crippen LogP contribution is -2.28. The number of halogens is 1. The Kier molecular flexibility index (Phi) is 3.97. The van der Waals surface area contributed by atoms with Gasteiger partial charge in [0, 0.05) is 11.1 Å². The third-order valence-electron chi connectivity index (χ3n) is 2.62. The average molecular weight is 212 g/mol. The molecule has 1 atom stereocenters. The smallest absolute Gasteiger partial charge is 0.0408 e. The van der Waals surface area contributed by atoms with Gasteiger partial charge in [0.15, 0.2) is 0 Å². The number of hydrogen-bond acceptors (Lipinski definition) is 1. The highest BCUT2D eigenvalue weighted by molar-refractivity contribution is 6.30. The van der Waals surface area contributed by atoms with Gasteiger partial charge in [-0.3, -0.25) is 0 Å². The molecular weight excluding hydrogens is 194 g/mol. The molecule has 0 radical (unpaired) electrons. The average Bonchev–Trinajstić information content (AvgIpc) is 2.09. The summed E-state index contributed by atoms with van der Waals surface area (Å²) in [5.74, 6) is 0.519. The molecule has 1 aromatic rings. The molecule has 2 N–H and O–H groups in total. The minimum absolute atomic E-state index is 0.231. The maximum absolute atomic E-state index is 6.02. The molecule has 2 heteroatoms. The monoisotopic (exact) mass is 211 g/mol. The standard InChI is InChI=1S/C12H18ClN/c1-8(2)12(14)7-10-4-5-11(13)6-9(10)3/h4-6,8,12H,7,14H2,1-3H3. The third-order valence-corrected chi connectivity index (χ3v) is 2.85. The fraction of sp³-hybridized carbons (Fsp3) is 0.500. The Bertz CT molecular complexity index is 307. The van der Waals surface area contributed by atoms with Crippen LogP contribution in [0.5, 0.6) is 0 Å². The van der Waals surface area contributed by atoms with Gasteiger partial charge < -0.3 is 5.73 Å². The summed E-state index contributed by atoms with van der Waals surface area (Å²) < 4.78 is 0. The number of benzene rings is 1. The van der Waals surface area contributed by atoms with E-state index in [2.05, 4.69) is 26.8 Å². The van der Waals surface area contributed by atoms with Crippen LogP contribution in [0.3, 0.4) is 0 Å². The van der Waals surface area contributed by atoms with E-state index >= 15 is 0 Å². The van der Waals surface area contributed by atoms with Crippen LogP contribution in [0, 0.1) is 12.8 Å². The van der Waals surface area contributed by atoms with Crippen molar-refractivity contribution in [3.63, 3.8) is 0 Å². The van der Waals surface area contributed by atoms with Crippen molar-refractivity contribution in [2.75, 3.05) is 0 Å². The molecule has 0 aliphatic heterocycles. The largest absolute Gasteiger partial charge is 0.327 e. The third kappa shape index (κ3) is 3.00. The second-order valence-corrected chi connectivity index (χ2v) is 4.62. The molecule has 0 saturated heterocycles. The van der Waals surface area contributed by atoms with Crippen LogP contribution < -0.4 is 5.73 Å². The molecule has 0 saturated carbocycles. The molecule has 1 unspecified atom stereocenters. The summed E-state index contributed by atoms with van der Waals surface area (Å²) in [6.07, 6.45) is 0.931. The maximum Gasteiger partial charge on any atom is 0.0408 e. The van der Waals surface area contributed by atoms with E-state index < -0.39 is 0 Å². The van der Waals surface area contributed by atoms with E-state index in [1.54, 1.807) is 0 Å². The van der Waals surface area contributed by atoms with E-state index in [4.69, 9.17) is 17.3 Å². The molecule has 0 fully saturated rings. The molecule has 14 heavy (non-hydrogen) atoms. The predicted molar refractivity (Wildman–Crippen MR) is 62.7 cm³/mol. The van der Waals surface area contributed by atoms with Crippen molar-refractivity contribution in [3.8, 4) is 0 Å². The van der Waals surface area contributed by atoms with Gasteiger partial charge >= 0.3 is 0 Å². The van der Waals surface area contributed by atoms with Crippen LogP contribution in [-0.2, 0) is 6.42 Å². The first-order valence-corrected chi connectivity index (χ1v) is 5.39. The quantitative estimate of drug-likeness (QED) is 0.817. The summed E-state index contributed by atoms with van der Waals surface area (Å²) >= 11 is 5.88. The van der Waals surface area contributed by atoms with Crippen molar-refractivity contribution in [3.05, 3.63) is 34.3 Å². The Hall–Kier alpha value is -0.530. The molecule has 0 amide bonds. The minimum atomic E-state index is 0.231. The molecule has 0 heterocycles. The molecule has 0 aromatic heterocycles. The van der Waals surface area contributed by atoms with E-state index in [1.807, 2.05) is 12.1 Å². The van der Waals surface area contributed by atoms with Crippen molar-refractivity contribution in [1.82, 2.24) is 0 Å². The first-order chi connectivity index (χ1) is 6.50. The van der Waals surface area contributed by atoms with E-state index in [0.29, 0.717) is 5.92 Å². The van der Waals surface area contributed by atoms with Gasteiger partial charge in [0.1, 0.15) is 0 Å². The van der Waals surface area contributed by atoms with Gasteiger partial charge in [-0.25, -0.2) is 0 Å². The number of rotatable bonds is 3. The molecule has 0 bridgehead atoms. The minimum Gasteiger partial charge on any atom is -0.327 e. The van der Waals surface area contributed by atoms with Gasteiger partial charge in [-0.2, -0.15) is 0 Å². The second kappa shape index (κ2) is 4.81. The first-order valence-electron chi connectivity index (χ1n) is 5.01. The summed E-state index contributed by atoms with van der Waals surface area (Å²) in [6, 6.07) is 6.22. The fourth-order valence-corrected chi connectivity index (χ4v) is 1.60. The molecule has 1 aromatic carbocycles. The van der Waals surface area contributed by atoms with E-state index in [1.165, 1.54) is 11.1 Å². The zero-order chi connectivity index (χ0) is 10.7. The molecule has 1 nitrogen and oxygen atoms in total. The second-order valence-electron chi connectivity index (χ2n) is 4.18. The Morgan fingerprint density at radius 3 is 2.50 bits per heavy atom. The summed E-state index contributed by atoms with van der Waals surface area (Å²) in [5.41, 5.74) is 8.55. The number of aryl methyl sites for hydroxylation is 1. The van der Waals surface area contributed by atoms with Gasteiger partial charge in [0.25, 0.3) is 0 Å². The van der Waals surface area contributed by atoms with Crippen LogP contribution in [0.4, 0.5) is 0 Å². The Labute approximate surface area is 91.3 Å². The molecule has 78 valence electrons. The number of hydrogen-bond donors (Lipinski definition) is 1. The van der Waals surface area contributed by atoms with Crippen LogP contribution in [-0.4, -0.2) is 6.04 Å². The summed E-state index contributed by atoms with van der Waals surface area (Å²) in [5, 5.41) is 0.796. The van der Waals surface area contributed by atoms with E-state index in [0.717, 1.165) is 11.4 Å². The maximum atomic E-state index is 6.02. The highest BCUT2D eigenvalue weighted by Crippen LogP contribution is 2.17. The Morgan fingerprint density at radius 1 is 1.36 bits per heavy atom. The van der Waals surface area contributed by atoms with Gasteiger partial charge in [0.2, 0.25) is 0 Å². The fourth-order valence-electron chi connectivity index (χ4n) is 1.38. The Morgan fingerprint density at radius 2 is 2.00 bits per heavy atom. The zero-order valence-corrected chi connectivity index (χ0v) is 9.81. The summed E-state index contributed by atoms with van der Waals surface area (Å²) in [7, 11) is 0. The Balaban J connectivity index is 2.77. The predicted octanol–water partition coefficient (Wildman–Crippen LogP) is 3.17. The van der Waals surface area contributed by atoms with Gasteiger partial charge in [-0.15, -0.1) is 0 Å². The van der Waals surface area contributed by atoms with Crippen molar-refractivity contribution >= 4 is 11.6 Å². The first kappa shape index (κ1) is 11.5. The summed E-state index contributed by atoms with van der Waals surface area (Å²) in [6.45, 7) is 6.38. The summed E-state index contributed by atoms with van der Waals surface area (Å²) in [4.78, 5) is 0. The zero-order valence-electron chi connectivity index (χ0n) is 9.05. The van der Waals surface area contributed by atoms with Crippen molar-refractivity contribution in [2.24, 2.45) is 11.7 Å². The van der Waals surface area contributed by atoms with Crippen molar-refractivity contribution in [2.45, 2.75) is 33.2 Å². The van der Waals surface area contributed by atoms with Gasteiger partial charge in [0.05, 0.1) is 0 Å². The SMILES string of the molecule is Cc1cc(Cl)ccc1CC(N)C(C)C.